The van der Waals surface area contributed by atoms with Crippen LogP contribution in [-0.4, -0.2) is 87.4 Å². The number of fused-ring (bicyclic) bond motifs is 1. The molecule has 0 bridgehead atoms. The van der Waals surface area contributed by atoms with Gasteiger partial charge >= 0.3 is 5.97 Å². The van der Waals surface area contributed by atoms with E-state index in [4.69, 9.17) is 0 Å². The van der Waals surface area contributed by atoms with Crippen molar-refractivity contribution in [2.75, 3.05) is 32.1 Å². The molecular weight excluding hydrogens is 428 g/mol. The normalized spacial score (nSPS) is 27.0. The summed E-state index contributed by atoms with van der Waals surface area (Å²) in [4.78, 5) is 46.3. The minimum atomic E-state index is -1.10. The number of hydrogen-bond donors (Lipinski definition) is 2. The number of nitrogens with zero attached hydrogens (tertiary/aromatic N) is 4. The standard InChI is InChI=1S/C19H24N4O5S2/c1-8-13-12(9(2)24)17(26)23(13)14(18(27)28)15(8)30-10-5-22(6-10)19-20-11(7-29-19)16(25)21(3)4/h7-10,12-13,24H,5-6H2,1-4H3,(H,27,28)/t8-,9-,12-,13-/m1/s1. The Morgan fingerprint density at radius 1 is 1.37 bits per heavy atom. The minimum absolute atomic E-state index is 0.0611. The van der Waals surface area contributed by atoms with Crippen molar-refractivity contribution >= 4 is 46.0 Å². The van der Waals surface area contributed by atoms with Gasteiger partial charge in [-0.3, -0.25) is 9.59 Å². The van der Waals surface area contributed by atoms with Gasteiger partial charge in [-0.25, -0.2) is 9.78 Å². The summed E-state index contributed by atoms with van der Waals surface area (Å²) in [6.45, 7) is 4.88. The first-order valence-corrected chi connectivity index (χ1v) is 11.4. The molecule has 0 spiro atoms. The van der Waals surface area contributed by atoms with E-state index < -0.39 is 18.0 Å². The fourth-order valence-corrected chi connectivity index (χ4v) is 6.60. The van der Waals surface area contributed by atoms with E-state index in [2.05, 4.69) is 9.88 Å². The lowest BCUT2D eigenvalue weighted by Crippen LogP contribution is -2.63. The molecule has 162 valence electrons. The summed E-state index contributed by atoms with van der Waals surface area (Å²) in [5.74, 6) is -2.23. The zero-order chi connectivity index (χ0) is 21.9. The third-order valence-corrected chi connectivity index (χ3v) is 8.19. The lowest BCUT2D eigenvalue weighted by atomic mass is 9.79. The molecular formula is C19H24N4O5S2. The number of aliphatic hydroxyl groups excluding tert-OH is 1. The van der Waals surface area contributed by atoms with Crippen molar-refractivity contribution in [3.63, 3.8) is 0 Å². The van der Waals surface area contributed by atoms with Crippen LogP contribution < -0.4 is 4.90 Å². The largest absolute Gasteiger partial charge is 0.477 e. The molecule has 2 saturated heterocycles. The van der Waals surface area contributed by atoms with Gasteiger partial charge in [-0.15, -0.1) is 23.1 Å². The number of carboxylic acids is 1. The van der Waals surface area contributed by atoms with Crippen molar-refractivity contribution in [1.82, 2.24) is 14.8 Å². The maximum Gasteiger partial charge on any atom is 0.353 e. The van der Waals surface area contributed by atoms with E-state index in [1.54, 1.807) is 26.4 Å². The summed E-state index contributed by atoms with van der Waals surface area (Å²) < 4.78 is 0. The number of carboxylic acid groups (broad SMARTS) is 1. The highest BCUT2D eigenvalue weighted by atomic mass is 32.2. The maximum atomic E-state index is 12.4. The number of thioether (sulfide) groups is 1. The van der Waals surface area contributed by atoms with Crippen molar-refractivity contribution in [3.05, 3.63) is 21.7 Å². The fraction of sp³-hybridized carbons (Fsp3) is 0.579. The van der Waals surface area contributed by atoms with Crippen molar-refractivity contribution < 1.29 is 24.6 Å². The molecule has 2 amide bonds. The highest BCUT2D eigenvalue weighted by Gasteiger charge is 2.60. The van der Waals surface area contributed by atoms with Crippen molar-refractivity contribution in [2.45, 2.75) is 31.2 Å². The van der Waals surface area contributed by atoms with Crippen LogP contribution in [0.1, 0.15) is 24.3 Å². The second kappa shape index (κ2) is 7.54. The number of amides is 2. The van der Waals surface area contributed by atoms with Crippen LogP contribution in [0.5, 0.6) is 0 Å². The Hall–Kier alpha value is -2.11. The van der Waals surface area contributed by atoms with Gasteiger partial charge in [0.15, 0.2) is 5.13 Å². The van der Waals surface area contributed by atoms with E-state index in [0.29, 0.717) is 23.7 Å². The summed E-state index contributed by atoms with van der Waals surface area (Å²) in [6, 6.07) is -0.291. The van der Waals surface area contributed by atoms with Crippen LogP contribution in [0.4, 0.5) is 5.13 Å². The number of carbonyl (C=O) groups is 3. The molecule has 0 unspecified atom stereocenters. The Kier molecular flexibility index (Phi) is 5.31. The molecule has 1 aromatic rings. The fourth-order valence-electron chi connectivity index (χ4n) is 4.26. The third kappa shape index (κ3) is 3.19. The first-order valence-electron chi connectivity index (χ1n) is 9.69. The molecule has 0 aliphatic carbocycles. The molecule has 4 atom stereocenters. The van der Waals surface area contributed by atoms with Crippen molar-refractivity contribution in [2.24, 2.45) is 11.8 Å². The van der Waals surface area contributed by atoms with Crippen molar-refractivity contribution in [3.8, 4) is 0 Å². The number of aliphatic carboxylic acids is 1. The number of hydrogen-bond acceptors (Lipinski definition) is 8. The van der Waals surface area contributed by atoms with Crippen LogP contribution >= 0.6 is 23.1 Å². The molecule has 1 aromatic heterocycles. The molecule has 0 saturated carbocycles. The predicted octanol–water partition coefficient (Wildman–Crippen LogP) is 0.920. The number of thiazole rings is 1. The van der Waals surface area contributed by atoms with Crippen LogP contribution in [0.15, 0.2) is 16.0 Å². The lowest BCUT2D eigenvalue weighted by molar-refractivity contribution is -0.163. The van der Waals surface area contributed by atoms with Crippen LogP contribution in [-0.2, 0) is 9.59 Å². The minimum Gasteiger partial charge on any atom is -0.477 e. The van der Waals surface area contributed by atoms with E-state index in [1.165, 1.54) is 32.9 Å². The zero-order valence-electron chi connectivity index (χ0n) is 17.1. The molecule has 3 aliphatic heterocycles. The Balaban J connectivity index is 1.44. The molecule has 11 heteroatoms. The van der Waals surface area contributed by atoms with Gasteiger partial charge in [-0.05, 0) is 6.92 Å². The summed E-state index contributed by atoms with van der Waals surface area (Å²) in [5.41, 5.74) is 0.481. The molecule has 4 heterocycles. The Labute approximate surface area is 182 Å². The first kappa shape index (κ1) is 21.1. The van der Waals surface area contributed by atoms with Gasteiger partial charge in [0, 0.05) is 48.6 Å². The van der Waals surface area contributed by atoms with Gasteiger partial charge in [0.2, 0.25) is 5.91 Å². The zero-order valence-corrected chi connectivity index (χ0v) is 18.7. The van der Waals surface area contributed by atoms with Gasteiger partial charge in [-0.1, -0.05) is 6.92 Å². The van der Waals surface area contributed by atoms with Gasteiger partial charge in [0.05, 0.1) is 18.1 Å². The Morgan fingerprint density at radius 2 is 2.03 bits per heavy atom. The summed E-state index contributed by atoms with van der Waals surface area (Å²) >= 11 is 2.92. The number of aromatic nitrogens is 1. The topological polar surface area (TPSA) is 114 Å². The summed E-state index contributed by atoms with van der Waals surface area (Å²) in [5, 5.41) is 22.3. The number of aliphatic hydroxyl groups is 1. The van der Waals surface area contributed by atoms with E-state index in [9.17, 15) is 24.6 Å². The number of rotatable bonds is 6. The van der Waals surface area contributed by atoms with E-state index >= 15 is 0 Å². The van der Waals surface area contributed by atoms with Crippen LogP contribution in [0.3, 0.4) is 0 Å². The van der Waals surface area contributed by atoms with Crippen molar-refractivity contribution in [1.29, 1.82) is 0 Å². The summed E-state index contributed by atoms with van der Waals surface area (Å²) in [6.07, 6.45) is -0.802. The quantitative estimate of drug-likeness (QED) is 0.613. The molecule has 0 aromatic carbocycles. The Morgan fingerprint density at radius 3 is 2.60 bits per heavy atom. The molecule has 3 aliphatic rings. The van der Waals surface area contributed by atoms with Crippen LogP contribution in [0, 0.1) is 11.8 Å². The predicted molar refractivity (Wildman–Crippen MR) is 113 cm³/mol. The van der Waals surface area contributed by atoms with Gasteiger partial charge in [-0.2, -0.15) is 0 Å². The SMILES string of the molecule is C[C@@H](O)[C@H]1C(=O)N2C(C(=O)O)=C(SC3CN(c4nc(C(=O)N(C)C)cs4)C3)[C@H](C)[C@H]12. The molecule has 9 nitrogen and oxygen atoms in total. The van der Waals surface area contributed by atoms with Gasteiger partial charge < -0.3 is 24.9 Å². The third-order valence-electron chi connectivity index (χ3n) is 5.84. The maximum absolute atomic E-state index is 12.4. The second-order valence-electron chi connectivity index (χ2n) is 8.13. The molecule has 0 radical (unpaired) electrons. The number of β-lactam (4-membered cyclic amide) rings is 1. The second-order valence-corrected chi connectivity index (χ2v) is 10.3. The Bertz CT molecular complexity index is 937. The molecule has 2 fully saturated rings. The average Bonchev–Trinajstić information content (AvgIpc) is 3.19. The molecule has 30 heavy (non-hydrogen) atoms. The first-order chi connectivity index (χ1) is 14.1. The van der Waals surface area contributed by atoms with Crippen LogP contribution in [0.2, 0.25) is 0 Å². The smallest absolute Gasteiger partial charge is 0.353 e. The van der Waals surface area contributed by atoms with E-state index in [0.717, 1.165) is 5.13 Å². The van der Waals surface area contributed by atoms with Gasteiger partial charge in [0.1, 0.15) is 11.4 Å². The van der Waals surface area contributed by atoms with Gasteiger partial charge in [0.25, 0.3) is 5.91 Å². The highest BCUT2D eigenvalue weighted by molar-refractivity contribution is 8.03. The monoisotopic (exact) mass is 452 g/mol. The highest BCUT2D eigenvalue weighted by Crippen LogP contribution is 2.52. The average molecular weight is 453 g/mol. The molecule has 2 N–H and O–H groups in total. The lowest BCUT2D eigenvalue weighted by Gasteiger charge is -2.46. The molecule has 4 rings (SSSR count). The van der Waals surface area contributed by atoms with E-state index in [-0.39, 0.29) is 34.7 Å². The summed E-state index contributed by atoms with van der Waals surface area (Å²) in [7, 11) is 3.37. The number of carbonyl (C=O) groups excluding carboxylic acids is 2. The van der Waals surface area contributed by atoms with E-state index in [1.807, 2.05) is 6.92 Å². The van der Waals surface area contributed by atoms with Crippen LogP contribution in [0.25, 0.3) is 0 Å². The number of anilines is 1.